The summed E-state index contributed by atoms with van der Waals surface area (Å²) < 4.78 is 16.3. The average molecular weight is 278 g/mol. The number of carbonyl (C=O) groups is 1. The van der Waals surface area contributed by atoms with E-state index in [0.29, 0.717) is 6.42 Å². The van der Waals surface area contributed by atoms with Crippen LogP contribution in [0.4, 0.5) is 0 Å². The van der Waals surface area contributed by atoms with Crippen molar-refractivity contribution in [2.45, 2.75) is 51.9 Å². The quantitative estimate of drug-likeness (QED) is 0.592. The van der Waals surface area contributed by atoms with Crippen molar-refractivity contribution in [3.8, 4) is 5.75 Å². The summed E-state index contributed by atoms with van der Waals surface area (Å²) in [5, 5.41) is 0. The molecule has 0 unspecified atom stereocenters. The third-order valence-electron chi connectivity index (χ3n) is 3.15. The second-order valence-corrected chi connectivity index (χ2v) is 5.48. The summed E-state index contributed by atoms with van der Waals surface area (Å²) in [6.07, 6.45) is 2.18. The largest absolute Gasteiger partial charge is 0.494 e. The fraction of sp³-hybridized carbons (Fsp3) is 0.562. The predicted octanol–water partition coefficient (Wildman–Crippen LogP) is 3.09. The van der Waals surface area contributed by atoms with Crippen LogP contribution in [0.2, 0.25) is 0 Å². The topological polar surface area (TPSA) is 44.8 Å². The Morgan fingerprint density at radius 2 is 1.95 bits per heavy atom. The number of esters is 1. The fourth-order valence-corrected chi connectivity index (χ4v) is 2.12. The van der Waals surface area contributed by atoms with Gasteiger partial charge in [0.2, 0.25) is 5.79 Å². The molecule has 0 N–H and O–H groups in total. The number of unbranched alkanes of at least 4 members (excludes halogenated alkanes) is 1. The van der Waals surface area contributed by atoms with Gasteiger partial charge in [-0.3, -0.25) is 0 Å². The molecule has 1 atom stereocenters. The molecular weight excluding hydrogens is 256 g/mol. The van der Waals surface area contributed by atoms with Gasteiger partial charge in [-0.25, -0.2) is 4.79 Å². The maximum atomic E-state index is 11.7. The highest BCUT2D eigenvalue weighted by Gasteiger charge is 2.40. The number of hydrogen-bond acceptors (Lipinski definition) is 4. The fourth-order valence-electron chi connectivity index (χ4n) is 2.12. The molecule has 1 aliphatic rings. The smallest absolute Gasteiger partial charge is 0.338 e. The maximum Gasteiger partial charge on any atom is 0.338 e. The van der Waals surface area contributed by atoms with E-state index in [9.17, 15) is 4.79 Å². The third-order valence-corrected chi connectivity index (χ3v) is 3.15. The number of carbonyl (C=O) groups excluding carboxylic acids is 1. The summed E-state index contributed by atoms with van der Waals surface area (Å²) in [5.74, 6) is -0.249. The summed E-state index contributed by atoms with van der Waals surface area (Å²) in [4.78, 5) is 11.7. The molecule has 0 spiro atoms. The van der Waals surface area contributed by atoms with Crippen LogP contribution in [-0.2, 0) is 20.7 Å². The lowest BCUT2D eigenvalue weighted by molar-refractivity contribution is -0.160. The first kappa shape index (κ1) is 14.9. The van der Waals surface area contributed by atoms with Crippen molar-refractivity contribution in [1.82, 2.24) is 0 Å². The Morgan fingerprint density at radius 1 is 1.25 bits per heavy atom. The van der Waals surface area contributed by atoms with Crippen LogP contribution in [0.3, 0.4) is 0 Å². The van der Waals surface area contributed by atoms with Crippen LogP contribution in [0.5, 0.6) is 5.75 Å². The molecule has 0 saturated carbocycles. The van der Waals surface area contributed by atoms with Gasteiger partial charge in [-0.05, 0) is 24.1 Å². The molecule has 1 aromatic rings. The minimum Gasteiger partial charge on any atom is -0.494 e. The Morgan fingerprint density at radius 3 is 2.50 bits per heavy atom. The van der Waals surface area contributed by atoms with Crippen molar-refractivity contribution < 1.29 is 19.0 Å². The van der Waals surface area contributed by atoms with Gasteiger partial charge in [-0.2, -0.15) is 0 Å². The maximum absolute atomic E-state index is 11.7. The van der Waals surface area contributed by atoms with Gasteiger partial charge in [0.1, 0.15) is 5.75 Å². The first-order valence-corrected chi connectivity index (χ1v) is 7.12. The number of rotatable bonds is 6. The van der Waals surface area contributed by atoms with Crippen LogP contribution in [0, 0.1) is 0 Å². The highest BCUT2D eigenvalue weighted by atomic mass is 16.8. The number of hydrogen-bond donors (Lipinski definition) is 0. The van der Waals surface area contributed by atoms with Crippen LogP contribution < -0.4 is 4.74 Å². The molecule has 1 aromatic carbocycles. The molecule has 0 amide bonds. The lowest BCUT2D eigenvalue weighted by Gasteiger charge is -2.15. The number of cyclic esters (lactones) is 1. The van der Waals surface area contributed by atoms with Crippen LogP contribution in [-0.4, -0.2) is 24.5 Å². The molecule has 20 heavy (non-hydrogen) atoms. The molecule has 0 aliphatic carbocycles. The van der Waals surface area contributed by atoms with E-state index in [-0.39, 0.29) is 5.97 Å². The minimum absolute atomic E-state index is 0.293. The van der Waals surface area contributed by atoms with Gasteiger partial charge in [0.05, 0.1) is 6.61 Å². The Labute approximate surface area is 120 Å². The summed E-state index contributed by atoms with van der Waals surface area (Å²) in [6, 6.07) is 7.78. The van der Waals surface area contributed by atoms with E-state index in [1.54, 1.807) is 13.8 Å². The molecule has 1 aliphatic heterocycles. The zero-order valence-corrected chi connectivity index (χ0v) is 12.3. The molecule has 1 saturated heterocycles. The predicted molar refractivity (Wildman–Crippen MR) is 75.6 cm³/mol. The van der Waals surface area contributed by atoms with Crippen molar-refractivity contribution in [3.63, 3.8) is 0 Å². The molecule has 4 nitrogen and oxygen atoms in total. The lowest BCUT2D eigenvalue weighted by atomic mass is 10.1. The number of benzene rings is 1. The molecule has 1 fully saturated rings. The van der Waals surface area contributed by atoms with E-state index < -0.39 is 11.9 Å². The zero-order valence-electron chi connectivity index (χ0n) is 12.3. The summed E-state index contributed by atoms with van der Waals surface area (Å²) >= 11 is 0. The second-order valence-electron chi connectivity index (χ2n) is 5.48. The van der Waals surface area contributed by atoms with Gasteiger partial charge in [-0.1, -0.05) is 25.5 Å². The summed E-state index contributed by atoms with van der Waals surface area (Å²) in [5.41, 5.74) is 1.03. The summed E-state index contributed by atoms with van der Waals surface area (Å²) in [6.45, 7) is 6.36. The Balaban J connectivity index is 1.89. The van der Waals surface area contributed by atoms with Crippen molar-refractivity contribution in [2.24, 2.45) is 0 Å². The second kappa shape index (κ2) is 6.27. The molecule has 0 radical (unpaired) electrons. The van der Waals surface area contributed by atoms with E-state index in [4.69, 9.17) is 14.2 Å². The van der Waals surface area contributed by atoms with Gasteiger partial charge in [0.15, 0.2) is 6.10 Å². The van der Waals surface area contributed by atoms with Gasteiger partial charge < -0.3 is 14.2 Å². The van der Waals surface area contributed by atoms with Gasteiger partial charge >= 0.3 is 5.97 Å². The SMILES string of the molecule is CCCCOc1ccc(C[C@@H]2OC(C)(C)OC2=O)cc1. The van der Waals surface area contributed by atoms with Gasteiger partial charge in [0.25, 0.3) is 0 Å². The van der Waals surface area contributed by atoms with Crippen LogP contribution in [0.25, 0.3) is 0 Å². The van der Waals surface area contributed by atoms with Crippen LogP contribution in [0.1, 0.15) is 39.2 Å². The molecule has 1 heterocycles. The van der Waals surface area contributed by atoms with E-state index in [1.165, 1.54) is 0 Å². The van der Waals surface area contributed by atoms with Gasteiger partial charge in [-0.15, -0.1) is 0 Å². The molecule has 110 valence electrons. The molecule has 0 aromatic heterocycles. The van der Waals surface area contributed by atoms with Gasteiger partial charge in [0, 0.05) is 20.3 Å². The number of ether oxygens (including phenoxy) is 3. The van der Waals surface area contributed by atoms with E-state index >= 15 is 0 Å². The lowest BCUT2D eigenvalue weighted by Crippen LogP contribution is -2.22. The third kappa shape index (κ3) is 3.97. The normalized spacial score (nSPS) is 20.8. The van der Waals surface area contributed by atoms with Crippen molar-refractivity contribution >= 4 is 5.97 Å². The highest BCUT2D eigenvalue weighted by Crippen LogP contribution is 2.26. The highest BCUT2D eigenvalue weighted by molar-refractivity contribution is 5.77. The van der Waals surface area contributed by atoms with Crippen molar-refractivity contribution in [2.75, 3.05) is 6.61 Å². The first-order valence-electron chi connectivity index (χ1n) is 7.12. The Kier molecular flexibility index (Phi) is 4.65. The average Bonchev–Trinajstić information content (AvgIpc) is 2.65. The minimum atomic E-state index is -0.815. The first-order chi connectivity index (χ1) is 9.50. The van der Waals surface area contributed by atoms with Crippen molar-refractivity contribution in [1.29, 1.82) is 0 Å². The Hall–Kier alpha value is -1.55. The monoisotopic (exact) mass is 278 g/mol. The van der Waals surface area contributed by atoms with E-state index in [0.717, 1.165) is 30.8 Å². The van der Waals surface area contributed by atoms with E-state index in [2.05, 4.69) is 6.92 Å². The van der Waals surface area contributed by atoms with Crippen LogP contribution in [0.15, 0.2) is 24.3 Å². The standard InChI is InChI=1S/C16H22O4/c1-4-5-10-18-13-8-6-12(7-9-13)11-14-15(17)20-16(2,3)19-14/h6-9,14H,4-5,10-11H2,1-3H3/t14-/m0/s1. The zero-order chi connectivity index (χ0) is 14.6. The van der Waals surface area contributed by atoms with Crippen molar-refractivity contribution in [3.05, 3.63) is 29.8 Å². The Bertz CT molecular complexity index is 450. The molecular formula is C16H22O4. The molecule has 2 rings (SSSR count). The van der Waals surface area contributed by atoms with Crippen LogP contribution >= 0.6 is 0 Å². The van der Waals surface area contributed by atoms with E-state index in [1.807, 2.05) is 24.3 Å². The molecule has 4 heteroatoms. The summed E-state index contributed by atoms with van der Waals surface area (Å²) in [7, 11) is 0. The molecule has 0 bridgehead atoms.